The lowest BCUT2D eigenvalue weighted by Gasteiger charge is -2.57. The standard InChI is InChI=1S/C29H31F3O3/c1-35-24-9-8-21(26(14-24)28-15-18-10-19(16-28)12-20(11-18)17-28)4-3-7-25(27(33)34)22-5-2-6-23(13-22)29(30,31)32/h2,5-9,13-14,18-20H,3-4,10-12,15-17H2,1H3,(H,33,34)/p-1/b25-7+. The summed E-state index contributed by atoms with van der Waals surface area (Å²) in [5, 5.41) is 11.8. The Balaban J connectivity index is 1.42. The Morgan fingerprint density at radius 1 is 1.06 bits per heavy atom. The minimum Gasteiger partial charge on any atom is -0.545 e. The monoisotopic (exact) mass is 483 g/mol. The van der Waals surface area contributed by atoms with E-state index in [0.717, 1.165) is 35.6 Å². The van der Waals surface area contributed by atoms with Crippen molar-refractivity contribution in [1.29, 1.82) is 0 Å². The summed E-state index contributed by atoms with van der Waals surface area (Å²) >= 11 is 0. The summed E-state index contributed by atoms with van der Waals surface area (Å²) in [6.45, 7) is 0. The van der Waals surface area contributed by atoms with E-state index in [9.17, 15) is 23.1 Å². The third kappa shape index (κ3) is 4.72. The van der Waals surface area contributed by atoms with E-state index < -0.39 is 17.7 Å². The third-order valence-corrected chi connectivity index (χ3v) is 8.41. The lowest BCUT2D eigenvalue weighted by atomic mass is 9.47. The summed E-state index contributed by atoms with van der Waals surface area (Å²) in [5.41, 5.74) is 1.57. The van der Waals surface area contributed by atoms with Gasteiger partial charge in [-0.25, -0.2) is 0 Å². The van der Waals surface area contributed by atoms with Gasteiger partial charge >= 0.3 is 6.18 Å². The van der Waals surface area contributed by atoms with Gasteiger partial charge < -0.3 is 14.6 Å². The maximum absolute atomic E-state index is 13.1. The molecule has 4 bridgehead atoms. The molecule has 0 atom stereocenters. The highest BCUT2D eigenvalue weighted by Crippen LogP contribution is 2.61. The minimum absolute atomic E-state index is 0.0101. The van der Waals surface area contributed by atoms with Crippen molar-refractivity contribution in [3.8, 4) is 5.75 Å². The van der Waals surface area contributed by atoms with Crippen LogP contribution in [0.25, 0.3) is 5.57 Å². The smallest absolute Gasteiger partial charge is 0.416 e. The van der Waals surface area contributed by atoms with Gasteiger partial charge in [0, 0.05) is 5.57 Å². The van der Waals surface area contributed by atoms with Gasteiger partial charge in [-0.3, -0.25) is 0 Å². The Morgan fingerprint density at radius 2 is 1.71 bits per heavy atom. The van der Waals surface area contributed by atoms with Crippen LogP contribution in [0.4, 0.5) is 13.2 Å². The van der Waals surface area contributed by atoms with Crippen molar-refractivity contribution in [2.45, 2.75) is 63.0 Å². The molecule has 0 saturated heterocycles. The molecule has 0 unspecified atom stereocenters. The van der Waals surface area contributed by atoms with Gasteiger partial charge in [-0.15, -0.1) is 0 Å². The predicted molar refractivity (Wildman–Crippen MR) is 126 cm³/mol. The van der Waals surface area contributed by atoms with Crippen molar-refractivity contribution in [3.05, 3.63) is 70.8 Å². The molecular weight excluding hydrogens is 453 g/mol. The van der Waals surface area contributed by atoms with Crippen LogP contribution in [0.5, 0.6) is 5.75 Å². The molecule has 6 heteroatoms. The molecule has 2 aromatic rings. The van der Waals surface area contributed by atoms with E-state index in [1.807, 2.05) is 6.07 Å². The average molecular weight is 484 g/mol. The van der Waals surface area contributed by atoms with E-state index in [4.69, 9.17) is 4.74 Å². The molecule has 186 valence electrons. The highest BCUT2D eigenvalue weighted by Gasteiger charge is 2.52. The van der Waals surface area contributed by atoms with Crippen LogP contribution in [0, 0.1) is 17.8 Å². The highest BCUT2D eigenvalue weighted by molar-refractivity contribution is 6.14. The summed E-state index contributed by atoms with van der Waals surface area (Å²) in [5.74, 6) is 1.71. The van der Waals surface area contributed by atoms with Crippen molar-refractivity contribution < 1.29 is 27.8 Å². The van der Waals surface area contributed by atoms with Crippen molar-refractivity contribution in [1.82, 2.24) is 0 Å². The van der Waals surface area contributed by atoms with E-state index in [0.29, 0.717) is 12.8 Å². The van der Waals surface area contributed by atoms with Gasteiger partial charge in [-0.05, 0) is 115 Å². The second-order valence-corrected chi connectivity index (χ2v) is 10.7. The molecule has 35 heavy (non-hydrogen) atoms. The van der Waals surface area contributed by atoms with Gasteiger partial charge in [0.25, 0.3) is 0 Å². The Kier molecular flexibility index (Phi) is 6.18. The molecule has 0 aliphatic heterocycles. The fourth-order valence-corrected chi connectivity index (χ4v) is 7.39. The third-order valence-electron chi connectivity index (χ3n) is 8.41. The molecule has 0 amide bonds. The summed E-state index contributed by atoms with van der Waals surface area (Å²) < 4.78 is 44.9. The largest absolute Gasteiger partial charge is 0.545 e. The Labute approximate surface area is 204 Å². The van der Waals surface area contributed by atoms with Crippen LogP contribution in [0.2, 0.25) is 0 Å². The van der Waals surface area contributed by atoms with E-state index in [-0.39, 0.29) is 16.6 Å². The number of carbonyl (C=O) groups is 1. The molecule has 3 nitrogen and oxygen atoms in total. The van der Waals surface area contributed by atoms with Crippen molar-refractivity contribution in [2.24, 2.45) is 17.8 Å². The summed E-state index contributed by atoms with van der Waals surface area (Å²) in [7, 11) is 1.67. The number of hydrogen-bond acceptors (Lipinski definition) is 3. The van der Waals surface area contributed by atoms with Gasteiger partial charge in [-0.1, -0.05) is 24.3 Å². The number of rotatable bonds is 7. The number of aliphatic carboxylic acids is 1. The number of ether oxygens (including phenoxy) is 1. The molecule has 0 N–H and O–H groups in total. The lowest BCUT2D eigenvalue weighted by Crippen LogP contribution is -2.48. The van der Waals surface area contributed by atoms with Gasteiger partial charge in [0.2, 0.25) is 0 Å². The van der Waals surface area contributed by atoms with Gasteiger partial charge in [0.1, 0.15) is 5.75 Å². The maximum atomic E-state index is 13.1. The molecule has 4 fully saturated rings. The Hall–Kier alpha value is -2.76. The number of carbonyl (C=O) groups excluding carboxylic acids is 1. The highest BCUT2D eigenvalue weighted by atomic mass is 19.4. The van der Waals surface area contributed by atoms with Crippen molar-refractivity contribution in [2.75, 3.05) is 7.11 Å². The Morgan fingerprint density at radius 3 is 2.29 bits per heavy atom. The predicted octanol–water partition coefficient (Wildman–Crippen LogP) is 5.95. The molecule has 4 saturated carbocycles. The summed E-state index contributed by atoms with van der Waals surface area (Å²) in [4.78, 5) is 11.8. The van der Waals surface area contributed by atoms with Crippen LogP contribution in [0.3, 0.4) is 0 Å². The number of halogens is 3. The van der Waals surface area contributed by atoms with Crippen LogP contribution < -0.4 is 9.84 Å². The lowest BCUT2D eigenvalue weighted by molar-refractivity contribution is -0.295. The number of carboxylic acid groups (broad SMARTS) is 1. The molecule has 6 rings (SSSR count). The second kappa shape index (κ2) is 9.03. The average Bonchev–Trinajstić information content (AvgIpc) is 2.80. The number of benzene rings is 2. The number of hydrogen-bond donors (Lipinski definition) is 0. The molecule has 0 radical (unpaired) electrons. The first-order valence-electron chi connectivity index (χ1n) is 12.4. The van der Waals surface area contributed by atoms with Crippen LogP contribution in [-0.4, -0.2) is 13.1 Å². The van der Waals surface area contributed by atoms with Gasteiger partial charge in [-0.2, -0.15) is 13.2 Å². The Bertz CT molecular complexity index is 1110. The summed E-state index contributed by atoms with van der Waals surface area (Å²) in [6.07, 6.45) is 5.58. The molecule has 2 aromatic carbocycles. The van der Waals surface area contributed by atoms with Crippen molar-refractivity contribution in [3.63, 3.8) is 0 Å². The first kappa shape index (κ1) is 24.0. The first-order chi connectivity index (χ1) is 16.7. The number of methoxy groups -OCH3 is 1. The topological polar surface area (TPSA) is 49.4 Å². The zero-order valence-corrected chi connectivity index (χ0v) is 19.9. The SMILES string of the molecule is COc1ccc(CC/C=C(/C(=O)[O-])c2cccc(C(F)(F)F)c2)c(C23CC4CC(CC(C4)C2)C3)c1. The molecule has 4 aliphatic rings. The second-order valence-electron chi connectivity index (χ2n) is 10.7. The molecule has 0 aromatic heterocycles. The van der Waals surface area contributed by atoms with E-state index in [1.165, 1.54) is 67.9 Å². The maximum Gasteiger partial charge on any atom is 0.416 e. The minimum atomic E-state index is -4.54. The number of allylic oxidation sites excluding steroid dienone is 1. The normalized spacial score (nSPS) is 27.8. The molecule has 0 heterocycles. The first-order valence-corrected chi connectivity index (χ1v) is 12.4. The number of alkyl halides is 3. The van der Waals surface area contributed by atoms with E-state index >= 15 is 0 Å². The van der Waals surface area contributed by atoms with Gasteiger partial charge in [0.05, 0.1) is 18.6 Å². The zero-order valence-electron chi connectivity index (χ0n) is 19.9. The summed E-state index contributed by atoms with van der Waals surface area (Å²) in [6, 6.07) is 10.6. The molecule has 4 aliphatic carbocycles. The van der Waals surface area contributed by atoms with Crippen LogP contribution in [-0.2, 0) is 22.8 Å². The van der Waals surface area contributed by atoms with Crippen molar-refractivity contribution >= 4 is 11.5 Å². The number of carboxylic acids is 1. The van der Waals surface area contributed by atoms with Crippen LogP contribution >= 0.6 is 0 Å². The molecule has 0 spiro atoms. The van der Waals surface area contributed by atoms with Crippen LogP contribution in [0.15, 0.2) is 48.5 Å². The number of aryl methyl sites for hydroxylation is 1. The quantitative estimate of drug-likeness (QED) is 0.458. The van der Waals surface area contributed by atoms with Crippen LogP contribution in [0.1, 0.15) is 67.2 Å². The molecular formula is C29H30F3O3-. The zero-order chi connectivity index (χ0) is 24.8. The van der Waals surface area contributed by atoms with Gasteiger partial charge in [0.15, 0.2) is 0 Å². The van der Waals surface area contributed by atoms with E-state index in [2.05, 4.69) is 12.1 Å². The fraction of sp³-hybridized carbons (Fsp3) is 0.483. The van der Waals surface area contributed by atoms with E-state index in [1.54, 1.807) is 7.11 Å². The fourth-order valence-electron chi connectivity index (χ4n) is 7.39.